The van der Waals surface area contributed by atoms with Crippen LogP contribution in [0.1, 0.15) is 18.7 Å². The Bertz CT molecular complexity index is 614. The zero-order chi connectivity index (χ0) is 12.8. The maximum absolute atomic E-state index is 11.1. The topological polar surface area (TPSA) is 75.4 Å². The van der Waals surface area contributed by atoms with Gasteiger partial charge in [0.05, 0.1) is 5.41 Å². The van der Waals surface area contributed by atoms with Crippen molar-refractivity contribution in [3.05, 3.63) is 24.1 Å². The van der Waals surface area contributed by atoms with E-state index in [-0.39, 0.29) is 0 Å². The van der Waals surface area contributed by atoms with E-state index in [0.717, 1.165) is 29.6 Å². The third kappa shape index (κ3) is 1.81. The first-order chi connectivity index (χ1) is 8.59. The second-order valence-corrected chi connectivity index (χ2v) is 4.85. The molecule has 0 atom stereocenters. The molecular weight excluding hydrogens is 232 g/mol. The fourth-order valence-corrected chi connectivity index (χ4v) is 2.04. The summed E-state index contributed by atoms with van der Waals surface area (Å²) in [5.74, 6) is -0.0836. The molecule has 1 heterocycles. The number of anilines is 1. The SMILES string of the molecule is Cc1nc2cc(NCC3(C(=O)O)CC3)ccc2o1. The third-order valence-electron chi connectivity index (χ3n) is 3.43. The van der Waals surface area contributed by atoms with E-state index in [1.807, 2.05) is 18.2 Å². The fourth-order valence-electron chi connectivity index (χ4n) is 2.04. The molecule has 3 rings (SSSR count). The quantitative estimate of drug-likeness (QED) is 0.866. The molecule has 5 heteroatoms. The summed E-state index contributed by atoms with van der Waals surface area (Å²) < 4.78 is 5.39. The Kier molecular flexibility index (Phi) is 2.29. The summed E-state index contributed by atoms with van der Waals surface area (Å²) in [4.78, 5) is 15.3. The average Bonchev–Trinajstić information content (AvgIpc) is 3.03. The van der Waals surface area contributed by atoms with Crippen molar-refractivity contribution in [2.24, 2.45) is 5.41 Å². The van der Waals surface area contributed by atoms with Gasteiger partial charge in [0.1, 0.15) is 5.52 Å². The van der Waals surface area contributed by atoms with Gasteiger partial charge in [0.15, 0.2) is 11.5 Å². The molecular formula is C13H14N2O3. The molecule has 1 aliphatic rings. The number of rotatable bonds is 4. The van der Waals surface area contributed by atoms with Gasteiger partial charge < -0.3 is 14.8 Å². The molecule has 0 spiro atoms. The molecule has 0 aliphatic heterocycles. The molecule has 2 N–H and O–H groups in total. The standard InChI is InChI=1S/C13H14N2O3/c1-8-15-10-6-9(2-3-11(10)18-8)14-7-13(4-5-13)12(16)17/h2-3,6,14H,4-5,7H2,1H3,(H,16,17). The molecule has 1 aliphatic carbocycles. The summed E-state index contributed by atoms with van der Waals surface area (Å²) >= 11 is 0. The normalized spacial score (nSPS) is 16.7. The van der Waals surface area contributed by atoms with Crippen molar-refractivity contribution in [2.45, 2.75) is 19.8 Å². The molecule has 94 valence electrons. The first kappa shape index (κ1) is 11.1. The maximum atomic E-state index is 11.1. The highest BCUT2D eigenvalue weighted by atomic mass is 16.4. The number of carbonyl (C=O) groups is 1. The van der Waals surface area contributed by atoms with Gasteiger partial charge in [0.2, 0.25) is 0 Å². The van der Waals surface area contributed by atoms with E-state index in [1.165, 1.54) is 0 Å². The number of oxazole rings is 1. The highest BCUT2D eigenvalue weighted by Gasteiger charge is 2.49. The lowest BCUT2D eigenvalue weighted by molar-refractivity contribution is -0.142. The number of aromatic nitrogens is 1. The third-order valence-corrected chi connectivity index (χ3v) is 3.43. The number of benzene rings is 1. The molecule has 1 aromatic carbocycles. The van der Waals surface area contributed by atoms with Gasteiger partial charge in [-0.15, -0.1) is 0 Å². The zero-order valence-electron chi connectivity index (χ0n) is 10.1. The highest BCUT2D eigenvalue weighted by molar-refractivity contribution is 5.80. The maximum Gasteiger partial charge on any atom is 0.311 e. The molecule has 0 radical (unpaired) electrons. The minimum absolute atomic E-state index is 0.463. The second-order valence-electron chi connectivity index (χ2n) is 4.85. The van der Waals surface area contributed by atoms with E-state index in [9.17, 15) is 4.79 Å². The minimum atomic E-state index is -0.714. The van der Waals surface area contributed by atoms with Gasteiger partial charge in [-0.2, -0.15) is 0 Å². The number of hydrogen-bond donors (Lipinski definition) is 2. The molecule has 5 nitrogen and oxygen atoms in total. The second kappa shape index (κ2) is 3.73. The number of nitrogens with one attached hydrogen (secondary N) is 1. The van der Waals surface area contributed by atoms with E-state index in [2.05, 4.69) is 10.3 Å². The number of hydrogen-bond acceptors (Lipinski definition) is 4. The Labute approximate surface area is 104 Å². The van der Waals surface area contributed by atoms with Gasteiger partial charge in [0, 0.05) is 19.2 Å². The number of aliphatic carboxylic acids is 1. The van der Waals surface area contributed by atoms with Crippen LogP contribution in [0.3, 0.4) is 0 Å². The molecule has 0 saturated heterocycles. The van der Waals surface area contributed by atoms with E-state index < -0.39 is 11.4 Å². The average molecular weight is 246 g/mol. The van der Waals surface area contributed by atoms with Crippen LogP contribution in [0.15, 0.2) is 22.6 Å². The van der Waals surface area contributed by atoms with Gasteiger partial charge in [-0.25, -0.2) is 4.98 Å². The predicted molar refractivity (Wildman–Crippen MR) is 66.5 cm³/mol. The Balaban J connectivity index is 1.77. The van der Waals surface area contributed by atoms with E-state index in [0.29, 0.717) is 12.4 Å². The Morgan fingerprint density at radius 3 is 3.00 bits per heavy atom. The Morgan fingerprint density at radius 2 is 2.33 bits per heavy atom. The van der Waals surface area contributed by atoms with Crippen LogP contribution in [0.25, 0.3) is 11.1 Å². The van der Waals surface area contributed by atoms with Gasteiger partial charge in [-0.05, 0) is 31.0 Å². The lowest BCUT2D eigenvalue weighted by Crippen LogP contribution is -2.24. The summed E-state index contributed by atoms with van der Waals surface area (Å²) in [6, 6.07) is 5.60. The number of carboxylic acids is 1. The summed E-state index contributed by atoms with van der Waals surface area (Å²) in [5.41, 5.74) is 1.85. The zero-order valence-corrected chi connectivity index (χ0v) is 10.1. The highest BCUT2D eigenvalue weighted by Crippen LogP contribution is 2.45. The summed E-state index contributed by atoms with van der Waals surface area (Å²) in [5, 5.41) is 12.3. The largest absolute Gasteiger partial charge is 0.481 e. The van der Waals surface area contributed by atoms with Crippen LogP contribution in [0.2, 0.25) is 0 Å². The monoisotopic (exact) mass is 246 g/mol. The van der Waals surface area contributed by atoms with E-state index in [4.69, 9.17) is 9.52 Å². The van der Waals surface area contributed by atoms with Gasteiger partial charge >= 0.3 is 5.97 Å². The van der Waals surface area contributed by atoms with E-state index >= 15 is 0 Å². The molecule has 0 amide bonds. The van der Waals surface area contributed by atoms with Crippen LogP contribution in [-0.2, 0) is 4.79 Å². The van der Waals surface area contributed by atoms with Crippen LogP contribution in [0, 0.1) is 12.3 Å². The van der Waals surface area contributed by atoms with Gasteiger partial charge in [0.25, 0.3) is 0 Å². The van der Waals surface area contributed by atoms with Crippen LogP contribution in [0.5, 0.6) is 0 Å². The van der Waals surface area contributed by atoms with Crippen molar-refractivity contribution < 1.29 is 14.3 Å². The molecule has 1 aromatic heterocycles. The van der Waals surface area contributed by atoms with Crippen molar-refractivity contribution in [2.75, 3.05) is 11.9 Å². The minimum Gasteiger partial charge on any atom is -0.481 e. The number of carboxylic acid groups (broad SMARTS) is 1. The lowest BCUT2D eigenvalue weighted by atomic mass is 10.1. The Hall–Kier alpha value is -2.04. The van der Waals surface area contributed by atoms with Crippen molar-refractivity contribution >= 4 is 22.8 Å². The summed E-state index contributed by atoms with van der Waals surface area (Å²) in [6.07, 6.45) is 1.50. The van der Waals surface area contributed by atoms with Crippen LogP contribution < -0.4 is 5.32 Å². The smallest absolute Gasteiger partial charge is 0.311 e. The number of fused-ring (bicyclic) bond motifs is 1. The predicted octanol–water partition coefficient (Wildman–Crippen LogP) is 2.41. The fraction of sp³-hybridized carbons (Fsp3) is 0.385. The van der Waals surface area contributed by atoms with Crippen LogP contribution in [-0.4, -0.2) is 22.6 Å². The van der Waals surface area contributed by atoms with Gasteiger partial charge in [-0.3, -0.25) is 4.79 Å². The summed E-state index contributed by atoms with van der Waals surface area (Å²) in [6.45, 7) is 2.27. The van der Waals surface area contributed by atoms with Crippen molar-refractivity contribution in [1.29, 1.82) is 0 Å². The molecule has 0 bridgehead atoms. The molecule has 2 aromatic rings. The lowest BCUT2D eigenvalue weighted by Gasteiger charge is -2.11. The molecule has 18 heavy (non-hydrogen) atoms. The summed E-state index contributed by atoms with van der Waals surface area (Å²) in [7, 11) is 0. The first-order valence-electron chi connectivity index (χ1n) is 5.94. The Morgan fingerprint density at radius 1 is 1.56 bits per heavy atom. The molecule has 1 fully saturated rings. The number of nitrogens with zero attached hydrogens (tertiary/aromatic N) is 1. The number of aryl methyl sites for hydroxylation is 1. The van der Waals surface area contributed by atoms with Crippen molar-refractivity contribution in [3.8, 4) is 0 Å². The molecule has 0 unspecified atom stereocenters. The van der Waals surface area contributed by atoms with Crippen LogP contribution in [0.4, 0.5) is 5.69 Å². The van der Waals surface area contributed by atoms with Crippen molar-refractivity contribution in [3.63, 3.8) is 0 Å². The van der Waals surface area contributed by atoms with Crippen LogP contribution >= 0.6 is 0 Å². The van der Waals surface area contributed by atoms with E-state index in [1.54, 1.807) is 6.92 Å². The molecule has 1 saturated carbocycles. The van der Waals surface area contributed by atoms with Gasteiger partial charge in [-0.1, -0.05) is 0 Å². The van der Waals surface area contributed by atoms with Crippen molar-refractivity contribution in [1.82, 2.24) is 4.98 Å². The first-order valence-corrected chi connectivity index (χ1v) is 5.94.